The van der Waals surface area contributed by atoms with Gasteiger partial charge in [0.1, 0.15) is 0 Å². The molecule has 1 amide bonds. The molecule has 0 aliphatic carbocycles. The van der Waals surface area contributed by atoms with E-state index >= 15 is 0 Å². The van der Waals surface area contributed by atoms with Crippen LogP contribution in [0.5, 0.6) is 5.88 Å². The van der Waals surface area contributed by atoms with E-state index in [2.05, 4.69) is 69.3 Å². The number of primary amides is 1. The third kappa shape index (κ3) is 5.32. The van der Waals surface area contributed by atoms with Gasteiger partial charge in [-0.15, -0.1) is 0 Å². The third-order valence-electron chi connectivity index (χ3n) is 5.48. The molecule has 0 bridgehead atoms. The van der Waals surface area contributed by atoms with Gasteiger partial charge >= 0.3 is 0 Å². The Bertz CT molecular complexity index is 1330. The number of halogens is 1. The Morgan fingerprint density at radius 1 is 1.03 bits per heavy atom. The van der Waals surface area contributed by atoms with Gasteiger partial charge in [0.25, 0.3) is 0 Å². The number of rotatable bonds is 7. The topological polar surface area (TPSA) is 94.7 Å². The minimum atomic E-state index is -0.513. The molecule has 4 rings (SSSR count). The van der Waals surface area contributed by atoms with Gasteiger partial charge in [-0.3, -0.25) is 14.7 Å². The van der Waals surface area contributed by atoms with E-state index < -0.39 is 5.91 Å². The van der Waals surface area contributed by atoms with E-state index in [0.29, 0.717) is 22.4 Å². The molecule has 0 spiro atoms. The Morgan fingerprint density at radius 2 is 1.64 bits per heavy atom. The normalized spacial score (nSPS) is 11.9. The minimum absolute atomic E-state index is 0.0130. The molecule has 0 fully saturated rings. The van der Waals surface area contributed by atoms with Crippen LogP contribution in [0.2, 0.25) is 0 Å². The standard InChI is InChI=1S/C26H25BrN4O2/c1-16(24-22-12-7-19(25(28)32)13-23(22)30-26(24)33)29-21-10-5-18(6-11-21)15-31(2)14-17-3-8-20(27)9-4-17/h3-13,30,33H,14-15H2,1-2H3,(H2,28,32). The van der Waals surface area contributed by atoms with Crippen molar-refractivity contribution in [3.63, 3.8) is 0 Å². The number of carbonyl (C=O) groups is 1. The maximum absolute atomic E-state index is 11.4. The second-order valence-corrected chi connectivity index (χ2v) is 9.05. The van der Waals surface area contributed by atoms with E-state index in [1.54, 1.807) is 18.2 Å². The molecule has 0 aliphatic heterocycles. The highest BCUT2D eigenvalue weighted by Gasteiger charge is 2.15. The fourth-order valence-electron chi connectivity index (χ4n) is 3.90. The first-order valence-electron chi connectivity index (χ1n) is 10.5. The lowest BCUT2D eigenvalue weighted by Gasteiger charge is -2.17. The molecule has 168 valence electrons. The molecule has 0 saturated heterocycles. The van der Waals surface area contributed by atoms with Gasteiger partial charge in [0.05, 0.1) is 17.0 Å². The number of nitrogens with two attached hydrogens (primary N) is 1. The lowest BCUT2D eigenvalue weighted by atomic mass is 10.1. The molecule has 4 aromatic rings. The van der Waals surface area contributed by atoms with Crippen molar-refractivity contribution in [2.75, 3.05) is 7.05 Å². The van der Waals surface area contributed by atoms with Crippen molar-refractivity contribution in [2.24, 2.45) is 10.7 Å². The smallest absolute Gasteiger partial charge is 0.248 e. The number of fused-ring (bicyclic) bond motifs is 1. The number of aromatic hydroxyl groups is 1. The van der Waals surface area contributed by atoms with Crippen molar-refractivity contribution >= 4 is 44.1 Å². The molecule has 4 N–H and O–H groups in total. The van der Waals surface area contributed by atoms with Gasteiger partial charge in [-0.25, -0.2) is 0 Å². The van der Waals surface area contributed by atoms with Crippen molar-refractivity contribution in [1.82, 2.24) is 9.88 Å². The van der Waals surface area contributed by atoms with E-state index in [-0.39, 0.29) is 5.88 Å². The molecule has 6 nitrogen and oxygen atoms in total. The fourth-order valence-corrected chi connectivity index (χ4v) is 4.16. The Labute approximate surface area is 200 Å². The monoisotopic (exact) mass is 504 g/mol. The number of amides is 1. The summed E-state index contributed by atoms with van der Waals surface area (Å²) in [5, 5.41) is 11.2. The van der Waals surface area contributed by atoms with Gasteiger partial charge in [0.2, 0.25) is 5.91 Å². The van der Waals surface area contributed by atoms with E-state index in [4.69, 9.17) is 10.7 Å². The van der Waals surface area contributed by atoms with E-state index in [1.807, 2.05) is 19.1 Å². The third-order valence-corrected chi connectivity index (χ3v) is 6.01. The highest BCUT2D eigenvalue weighted by molar-refractivity contribution is 9.10. The molecule has 0 saturated carbocycles. The lowest BCUT2D eigenvalue weighted by molar-refractivity contribution is 0.100. The van der Waals surface area contributed by atoms with Crippen LogP contribution in [0.4, 0.5) is 5.69 Å². The molecule has 0 atom stereocenters. The Hall–Kier alpha value is -3.42. The van der Waals surface area contributed by atoms with Crippen LogP contribution in [0, 0.1) is 0 Å². The SMILES string of the molecule is CC(=Nc1ccc(CN(C)Cc2ccc(Br)cc2)cc1)c1c(O)[nH]c2cc(C(N)=O)ccc12. The lowest BCUT2D eigenvalue weighted by Crippen LogP contribution is -2.17. The zero-order valence-corrected chi connectivity index (χ0v) is 20.1. The second kappa shape index (κ2) is 9.60. The van der Waals surface area contributed by atoms with Gasteiger partial charge in [-0.2, -0.15) is 0 Å². The number of benzene rings is 3. The number of nitrogens with zero attached hydrogens (tertiary/aromatic N) is 2. The summed E-state index contributed by atoms with van der Waals surface area (Å²) in [7, 11) is 2.10. The van der Waals surface area contributed by atoms with E-state index in [9.17, 15) is 9.90 Å². The Balaban J connectivity index is 1.48. The summed E-state index contributed by atoms with van der Waals surface area (Å²) in [6.07, 6.45) is 0. The maximum atomic E-state index is 11.4. The largest absolute Gasteiger partial charge is 0.494 e. The first-order chi connectivity index (χ1) is 15.8. The maximum Gasteiger partial charge on any atom is 0.248 e. The number of hydrogen-bond acceptors (Lipinski definition) is 4. The van der Waals surface area contributed by atoms with E-state index in [1.165, 1.54) is 11.1 Å². The fraction of sp³-hybridized carbons (Fsp3) is 0.154. The molecule has 7 heteroatoms. The van der Waals surface area contributed by atoms with Crippen LogP contribution in [0.1, 0.15) is 34.0 Å². The molecule has 0 radical (unpaired) electrons. The number of carbonyl (C=O) groups excluding carboxylic acids is 1. The van der Waals surface area contributed by atoms with Crippen LogP contribution in [0.25, 0.3) is 10.9 Å². The average Bonchev–Trinajstić information content (AvgIpc) is 3.11. The van der Waals surface area contributed by atoms with Crippen LogP contribution < -0.4 is 5.73 Å². The second-order valence-electron chi connectivity index (χ2n) is 8.14. The Morgan fingerprint density at radius 3 is 2.24 bits per heavy atom. The molecular formula is C26H25BrN4O2. The number of nitrogens with one attached hydrogen (secondary N) is 1. The highest BCUT2D eigenvalue weighted by atomic mass is 79.9. The summed E-state index contributed by atoms with van der Waals surface area (Å²) in [6, 6.07) is 21.5. The van der Waals surface area contributed by atoms with Crippen LogP contribution in [0.15, 0.2) is 76.2 Å². The quantitative estimate of drug-likeness (QED) is 0.289. The van der Waals surface area contributed by atoms with Crippen LogP contribution in [-0.4, -0.2) is 33.7 Å². The summed E-state index contributed by atoms with van der Waals surface area (Å²) in [5.41, 5.74) is 10.9. The van der Waals surface area contributed by atoms with Gasteiger partial charge < -0.3 is 15.8 Å². The predicted octanol–water partition coefficient (Wildman–Crippen LogP) is 5.51. The Kier molecular flexibility index (Phi) is 6.62. The van der Waals surface area contributed by atoms with Crippen molar-refractivity contribution in [2.45, 2.75) is 20.0 Å². The first-order valence-corrected chi connectivity index (χ1v) is 11.3. The van der Waals surface area contributed by atoms with Crippen molar-refractivity contribution in [3.8, 4) is 5.88 Å². The summed E-state index contributed by atoms with van der Waals surface area (Å²) >= 11 is 3.47. The summed E-state index contributed by atoms with van der Waals surface area (Å²) in [5.74, 6) is -0.500. The zero-order chi connectivity index (χ0) is 23.5. The van der Waals surface area contributed by atoms with Crippen molar-refractivity contribution in [3.05, 3.63) is 93.5 Å². The summed E-state index contributed by atoms with van der Waals surface area (Å²) in [6.45, 7) is 3.54. The van der Waals surface area contributed by atoms with Crippen LogP contribution in [-0.2, 0) is 13.1 Å². The molecular weight excluding hydrogens is 480 g/mol. The molecule has 1 aromatic heterocycles. The van der Waals surface area contributed by atoms with E-state index in [0.717, 1.165) is 28.6 Å². The van der Waals surface area contributed by atoms with Gasteiger partial charge in [0.15, 0.2) is 5.88 Å². The van der Waals surface area contributed by atoms with Gasteiger partial charge in [-0.1, -0.05) is 46.3 Å². The highest BCUT2D eigenvalue weighted by Crippen LogP contribution is 2.30. The van der Waals surface area contributed by atoms with Gasteiger partial charge in [-0.05, 0) is 61.5 Å². The molecule has 1 heterocycles. The van der Waals surface area contributed by atoms with Gasteiger partial charge in [0, 0.05) is 34.0 Å². The number of aromatic amines is 1. The molecule has 0 aliphatic rings. The van der Waals surface area contributed by atoms with Crippen LogP contribution in [0.3, 0.4) is 0 Å². The number of aliphatic imine (C=N–C) groups is 1. The molecule has 0 unspecified atom stereocenters. The summed E-state index contributed by atoms with van der Waals surface area (Å²) in [4.78, 5) is 21.3. The molecule has 3 aromatic carbocycles. The van der Waals surface area contributed by atoms with Crippen molar-refractivity contribution in [1.29, 1.82) is 0 Å². The molecule has 33 heavy (non-hydrogen) atoms. The van der Waals surface area contributed by atoms with Crippen molar-refractivity contribution < 1.29 is 9.90 Å². The summed E-state index contributed by atoms with van der Waals surface area (Å²) < 4.78 is 1.08. The first kappa shape index (κ1) is 22.8. The average molecular weight is 505 g/mol. The van der Waals surface area contributed by atoms with Crippen LogP contribution >= 0.6 is 15.9 Å². The predicted molar refractivity (Wildman–Crippen MR) is 136 cm³/mol. The number of hydrogen-bond donors (Lipinski definition) is 3. The minimum Gasteiger partial charge on any atom is -0.494 e. The number of H-pyrrole nitrogens is 1. The number of aromatic nitrogens is 1. The zero-order valence-electron chi connectivity index (χ0n) is 18.5.